The molecule has 0 N–H and O–H groups in total. The van der Waals surface area contributed by atoms with Crippen LogP contribution in [0.2, 0.25) is 19.6 Å². The second-order valence-corrected chi connectivity index (χ2v) is 11.8. The molecule has 0 aliphatic rings. The van der Waals surface area contributed by atoms with Crippen LogP contribution in [0.4, 0.5) is 0 Å². The van der Waals surface area contributed by atoms with Crippen molar-refractivity contribution in [1.29, 1.82) is 0 Å². The van der Waals surface area contributed by atoms with Crippen LogP contribution in [0.25, 0.3) is 5.57 Å². The summed E-state index contributed by atoms with van der Waals surface area (Å²) < 4.78 is 6.18. The smallest absolute Gasteiger partial charge is 0.242 e. The fourth-order valence-electron chi connectivity index (χ4n) is 2.03. The molecule has 0 atom stereocenters. The molecule has 0 heterocycles. The molecule has 1 nitrogen and oxygen atoms in total. The van der Waals surface area contributed by atoms with Crippen LogP contribution in [-0.2, 0) is 10.8 Å². The van der Waals surface area contributed by atoms with Gasteiger partial charge in [0.1, 0.15) is 5.09 Å². The Balaban J connectivity index is 2.96. The molecule has 1 aromatic rings. The van der Waals surface area contributed by atoms with Gasteiger partial charge in [0.2, 0.25) is 8.32 Å². The third kappa shape index (κ3) is 5.76. The zero-order valence-electron chi connectivity index (χ0n) is 13.9. The molecule has 0 spiro atoms. The number of hydrogen-bond donors (Lipinski definition) is 0. The van der Waals surface area contributed by atoms with E-state index in [4.69, 9.17) is 4.43 Å². The molecule has 0 amide bonds. The Morgan fingerprint density at radius 1 is 1.15 bits per heavy atom. The quantitative estimate of drug-likeness (QED) is 0.486. The van der Waals surface area contributed by atoms with E-state index < -0.39 is 8.32 Å². The summed E-state index contributed by atoms with van der Waals surface area (Å²) in [5, 5.41) is 1.07. The highest BCUT2D eigenvalue weighted by Crippen LogP contribution is 2.29. The number of hydrogen-bond acceptors (Lipinski definition) is 2. The maximum absolute atomic E-state index is 6.18. The van der Waals surface area contributed by atoms with E-state index in [-0.39, 0.29) is 0 Å². The van der Waals surface area contributed by atoms with Crippen molar-refractivity contribution < 1.29 is 4.43 Å². The minimum atomic E-state index is -1.55. The number of benzene rings is 1. The Labute approximate surface area is 129 Å². The zero-order chi connectivity index (χ0) is 15.3. The molecule has 20 heavy (non-hydrogen) atoms. The highest BCUT2D eigenvalue weighted by atomic mass is 32.2. The third-order valence-electron chi connectivity index (χ3n) is 2.92. The van der Waals surface area contributed by atoms with Crippen molar-refractivity contribution in [1.82, 2.24) is 0 Å². The summed E-state index contributed by atoms with van der Waals surface area (Å²) in [5.74, 6) is 0.703. The first-order valence-corrected chi connectivity index (χ1v) is 11.9. The molecule has 0 unspecified atom stereocenters. The highest BCUT2D eigenvalue weighted by molar-refractivity contribution is 8.02. The maximum atomic E-state index is 6.18. The minimum Gasteiger partial charge on any atom is -0.540 e. The van der Waals surface area contributed by atoms with Crippen molar-refractivity contribution in [2.45, 2.75) is 46.8 Å². The lowest BCUT2D eigenvalue weighted by Gasteiger charge is -2.22. The van der Waals surface area contributed by atoms with Gasteiger partial charge in [0.25, 0.3) is 0 Å². The number of thioether (sulfide) groups is 1. The van der Waals surface area contributed by atoms with Gasteiger partial charge in [-0.25, -0.2) is 0 Å². The predicted octanol–water partition coefficient (Wildman–Crippen LogP) is 5.79. The van der Waals surface area contributed by atoms with Gasteiger partial charge in [0, 0.05) is 5.57 Å². The van der Waals surface area contributed by atoms with Crippen molar-refractivity contribution >= 4 is 25.7 Å². The summed E-state index contributed by atoms with van der Waals surface area (Å²) in [6.07, 6.45) is 3.23. The second-order valence-electron chi connectivity index (χ2n) is 6.63. The van der Waals surface area contributed by atoms with E-state index >= 15 is 0 Å². The van der Waals surface area contributed by atoms with Gasteiger partial charge < -0.3 is 4.43 Å². The van der Waals surface area contributed by atoms with Crippen molar-refractivity contribution in [2.75, 3.05) is 6.26 Å². The van der Waals surface area contributed by atoms with E-state index in [1.807, 2.05) is 0 Å². The normalized spacial score (nSPS) is 13.4. The highest BCUT2D eigenvalue weighted by Gasteiger charge is 2.19. The Hall–Kier alpha value is -0.673. The molecule has 0 aromatic heterocycles. The standard InChI is InChI=1S/C17H28OSSi/c1-13(2)12-15-8-10-16(11-9-15)14(3)17(19-4)18-20(5,6)7/h8-11,13H,12H2,1-7H3/b17-14+. The van der Waals surface area contributed by atoms with Gasteiger partial charge >= 0.3 is 0 Å². The van der Waals surface area contributed by atoms with Crippen LogP contribution in [0.15, 0.2) is 29.4 Å². The molecule has 1 rings (SSSR count). The first kappa shape index (κ1) is 17.4. The van der Waals surface area contributed by atoms with E-state index in [1.165, 1.54) is 16.7 Å². The van der Waals surface area contributed by atoms with Gasteiger partial charge in [-0.05, 0) is 56.3 Å². The summed E-state index contributed by atoms with van der Waals surface area (Å²) in [6.45, 7) is 13.3. The molecule has 0 fully saturated rings. The summed E-state index contributed by atoms with van der Waals surface area (Å²) in [7, 11) is -1.55. The van der Waals surface area contributed by atoms with Crippen molar-refractivity contribution in [3.63, 3.8) is 0 Å². The first-order chi connectivity index (χ1) is 9.23. The Morgan fingerprint density at radius 3 is 2.10 bits per heavy atom. The van der Waals surface area contributed by atoms with Crippen LogP contribution in [0.1, 0.15) is 31.9 Å². The third-order valence-corrected chi connectivity index (χ3v) is 4.65. The van der Waals surface area contributed by atoms with Gasteiger partial charge in [0.05, 0.1) is 0 Å². The zero-order valence-corrected chi connectivity index (χ0v) is 15.7. The Kier molecular flexibility index (Phi) is 6.40. The topological polar surface area (TPSA) is 9.23 Å². The van der Waals surface area contributed by atoms with Crippen LogP contribution in [0.3, 0.4) is 0 Å². The van der Waals surface area contributed by atoms with Crippen LogP contribution in [0.5, 0.6) is 0 Å². The SMILES string of the molecule is CS/C(O[Si](C)(C)C)=C(\C)c1ccc(CC(C)C)cc1. The van der Waals surface area contributed by atoms with Crippen molar-refractivity contribution in [2.24, 2.45) is 5.92 Å². The molecule has 112 valence electrons. The lowest BCUT2D eigenvalue weighted by molar-refractivity contribution is 0.466. The average molecular weight is 309 g/mol. The molecule has 0 saturated heterocycles. The summed E-state index contributed by atoms with van der Waals surface area (Å²) in [5.41, 5.74) is 3.92. The molecular weight excluding hydrogens is 280 g/mol. The number of rotatable bonds is 6. The molecular formula is C17H28OSSi. The van der Waals surface area contributed by atoms with Gasteiger partial charge in [0.15, 0.2) is 0 Å². The van der Waals surface area contributed by atoms with Crippen LogP contribution in [0, 0.1) is 5.92 Å². The first-order valence-electron chi connectivity index (χ1n) is 7.26. The van der Waals surface area contributed by atoms with E-state index in [1.54, 1.807) is 11.8 Å². The minimum absolute atomic E-state index is 0.703. The fourth-order valence-corrected chi connectivity index (χ4v) is 4.25. The maximum Gasteiger partial charge on any atom is 0.242 e. The van der Waals surface area contributed by atoms with Gasteiger partial charge in [-0.3, -0.25) is 0 Å². The number of allylic oxidation sites excluding steroid dienone is 1. The monoisotopic (exact) mass is 308 g/mol. The van der Waals surface area contributed by atoms with Crippen molar-refractivity contribution in [3.8, 4) is 0 Å². The van der Waals surface area contributed by atoms with Gasteiger partial charge in [-0.1, -0.05) is 49.9 Å². The summed E-state index contributed by atoms with van der Waals surface area (Å²) in [4.78, 5) is 0. The molecule has 0 bridgehead atoms. The van der Waals surface area contributed by atoms with E-state index in [9.17, 15) is 0 Å². The molecule has 3 heteroatoms. The predicted molar refractivity (Wildman–Crippen MR) is 95.5 cm³/mol. The van der Waals surface area contributed by atoms with Crippen LogP contribution < -0.4 is 0 Å². The fraction of sp³-hybridized carbons (Fsp3) is 0.529. The summed E-state index contributed by atoms with van der Waals surface area (Å²) in [6, 6.07) is 8.92. The van der Waals surface area contributed by atoms with Crippen LogP contribution >= 0.6 is 11.8 Å². The van der Waals surface area contributed by atoms with Gasteiger partial charge in [-0.15, -0.1) is 0 Å². The molecule has 0 aliphatic heterocycles. The van der Waals surface area contributed by atoms with Gasteiger partial charge in [-0.2, -0.15) is 0 Å². The Morgan fingerprint density at radius 2 is 1.70 bits per heavy atom. The largest absolute Gasteiger partial charge is 0.540 e. The van der Waals surface area contributed by atoms with E-state index in [0.29, 0.717) is 5.92 Å². The van der Waals surface area contributed by atoms with Crippen LogP contribution in [-0.4, -0.2) is 14.6 Å². The molecule has 0 aliphatic carbocycles. The lowest BCUT2D eigenvalue weighted by atomic mass is 10.00. The average Bonchev–Trinajstić information content (AvgIpc) is 2.34. The van der Waals surface area contributed by atoms with E-state index in [2.05, 4.69) is 70.9 Å². The van der Waals surface area contributed by atoms with E-state index in [0.717, 1.165) is 11.5 Å². The second kappa shape index (κ2) is 7.37. The summed E-state index contributed by atoms with van der Waals surface area (Å²) >= 11 is 1.71. The molecule has 0 radical (unpaired) electrons. The molecule has 1 aromatic carbocycles. The Bertz CT molecular complexity index is 455. The lowest BCUT2D eigenvalue weighted by Crippen LogP contribution is -2.24. The van der Waals surface area contributed by atoms with Crippen molar-refractivity contribution in [3.05, 3.63) is 40.5 Å². The molecule has 0 saturated carbocycles.